The minimum Gasteiger partial charge on any atom is -0.324 e. The van der Waals surface area contributed by atoms with Gasteiger partial charge in [0.1, 0.15) is 11.4 Å². The Hall–Kier alpha value is -0.180. The molecule has 0 aliphatic heterocycles. The summed E-state index contributed by atoms with van der Waals surface area (Å²) < 4.78 is 10.7. The lowest BCUT2D eigenvalue weighted by Crippen LogP contribution is -2.16. The number of hydrogen-bond donors (Lipinski definition) is 2. The molecule has 0 radical (unpaired) electrons. The van der Waals surface area contributed by atoms with E-state index in [0.717, 1.165) is 19.3 Å². The summed E-state index contributed by atoms with van der Waals surface area (Å²) in [5.74, 6) is -0.332. The van der Waals surface area contributed by atoms with E-state index in [4.69, 9.17) is 9.79 Å². The highest BCUT2D eigenvalue weighted by molar-refractivity contribution is 7.53. The lowest BCUT2D eigenvalue weighted by Gasteiger charge is -2.11. The molecular weight excluding hydrogens is 191 g/mol. The molecule has 4 nitrogen and oxygen atoms in total. The fraction of sp³-hybridized carbons (Fsp3) is 0.875. The summed E-state index contributed by atoms with van der Waals surface area (Å²) in [5.41, 5.74) is -1.13. The van der Waals surface area contributed by atoms with E-state index in [9.17, 15) is 9.36 Å². The van der Waals surface area contributed by atoms with Crippen LogP contribution in [0.4, 0.5) is 0 Å². The molecule has 0 aliphatic carbocycles. The first-order chi connectivity index (χ1) is 5.89. The van der Waals surface area contributed by atoms with Crippen molar-refractivity contribution in [2.75, 3.05) is 0 Å². The minimum atomic E-state index is -4.21. The van der Waals surface area contributed by atoms with Gasteiger partial charge in [0.05, 0.1) is 0 Å². The molecule has 0 bridgehead atoms. The van der Waals surface area contributed by atoms with Crippen LogP contribution in [-0.4, -0.2) is 21.2 Å². The molecule has 0 fully saturated rings. The lowest BCUT2D eigenvalue weighted by molar-refractivity contribution is -0.118. The number of hydrogen-bond acceptors (Lipinski definition) is 2. The van der Waals surface area contributed by atoms with Crippen LogP contribution < -0.4 is 0 Å². The Kier molecular flexibility index (Phi) is 5.45. The molecule has 1 atom stereocenters. The van der Waals surface area contributed by atoms with Gasteiger partial charge in [-0.15, -0.1) is 0 Å². The highest BCUT2D eigenvalue weighted by Crippen LogP contribution is 2.41. The molecular formula is C8H17O4P. The maximum Gasteiger partial charge on any atom is 0.335 e. The van der Waals surface area contributed by atoms with Gasteiger partial charge in [-0.1, -0.05) is 19.8 Å². The van der Waals surface area contributed by atoms with E-state index < -0.39 is 13.3 Å². The largest absolute Gasteiger partial charge is 0.335 e. The monoisotopic (exact) mass is 208 g/mol. The van der Waals surface area contributed by atoms with Crippen molar-refractivity contribution >= 4 is 13.4 Å². The molecule has 0 amide bonds. The molecule has 0 aromatic heterocycles. The Morgan fingerprint density at radius 1 is 1.38 bits per heavy atom. The van der Waals surface area contributed by atoms with E-state index in [1.807, 2.05) is 6.92 Å². The summed E-state index contributed by atoms with van der Waals surface area (Å²) >= 11 is 0. The van der Waals surface area contributed by atoms with Crippen molar-refractivity contribution in [3.63, 3.8) is 0 Å². The van der Waals surface area contributed by atoms with Crippen molar-refractivity contribution in [1.82, 2.24) is 0 Å². The smallest absolute Gasteiger partial charge is 0.324 e. The lowest BCUT2D eigenvalue weighted by atomic mass is 10.1. The number of carbonyl (C=O) groups is 1. The van der Waals surface area contributed by atoms with Gasteiger partial charge in [-0.05, 0) is 13.3 Å². The van der Waals surface area contributed by atoms with Gasteiger partial charge < -0.3 is 9.79 Å². The SMILES string of the molecule is CCCCCC(=O)[C@H](C)P(=O)(O)O. The zero-order valence-corrected chi connectivity index (χ0v) is 8.96. The van der Waals surface area contributed by atoms with Gasteiger partial charge in [0.25, 0.3) is 0 Å². The molecule has 5 heteroatoms. The average Bonchev–Trinajstić information content (AvgIpc) is 2.01. The third-order valence-corrected chi connectivity index (χ3v) is 3.29. The Bertz CT molecular complexity index is 208. The van der Waals surface area contributed by atoms with Crippen LogP contribution in [0.1, 0.15) is 39.5 Å². The second kappa shape index (κ2) is 5.53. The molecule has 0 aromatic rings. The summed E-state index contributed by atoms with van der Waals surface area (Å²) in [5, 5.41) is 0. The summed E-state index contributed by atoms with van der Waals surface area (Å²) in [6.07, 6.45) is 2.93. The van der Waals surface area contributed by atoms with Crippen LogP contribution in [0.15, 0.2) is 0 Å². The van der Waals surface area contributed by atoms with E-state index in [1.165, 1.54) is 6.92 Å². The van der Waals surface area contributed by atoms with Crippen molar-refractivity contribution in [1.29, 1.82) is 0 Å². The molecule has 2 N–H and O–H groups in total. The van der Waals surface area contributed by atoms with E-state index in [-0.39, 0.29) is 12.2 Å². The van der Waals surface area contributed by atoms with Gasteiger partial charge in [-0.3, -0.25) is 9.36 Å². The fourth-order valence-electron chi connectivity index (χ4n) is 0.946. The summed E-state index contributed by atoms with van der Waals surface area (Å²) in [6, 6.07) is 0. The van der Waals surface area contributed by atoms with Crippen LogP contribution in [0.2, 0.25) is 0 Å². The molecule has 0 saturated carbocycles. The summed E-state index contributed by atoms with van der Waals surface area (Å²) in [7, 11) is -4.21. The van der Waals surface area contributed by atoms with Crippen LogP contribution in [0.25, 0.3) is 0 Å². The van der Waals surface area contributed by atoms with E-state index >= 15 is 0 Å². The van der Waals surface area contributed by atoms with Gasteiger partial charge in [-0.25, -0.2) is 0 Å². The average molecular weight is 208 g/mol. The second-order valence-electron chi connectivity index (χ2n) is 3.19. The van der Waals surface area contributed by atoms with E-state index in [2.05, 4.69) is 0 Å². The number of Topliss-reactive ketones (excluding diaryl/α,β-unsaturated/α-hetero) is 1. The number of rotatable bonds is 6. The summed E-state index contributed by atoms with van der Waals surface area (Å²) in [4.78, 5) is 28.6. The molecule has 0 aliphatic rings. The van der Waals surface area contributed by atoms with Crippen LogP contribution in [-0.2, 0) is 9.36 Å². The molecule has 0 unspecified atom stereocenters. The maximum atomic E-state index is 11.2. The predicted molar refractivity (Wildman–Crippen MR) is 50.7 cm³/mol. The molecule has 0 aromatic carbocycles. The Morgan fingerprint density at radius 2 is 1.92 bits per heavy atom. The summed E-state index contributed by atoms with van der Waals surface area (Å²) in [6.45, 7) is 3.30. The maximum absolute atomic E-state index is 11.2. The quantitative estimate of drug-likeness (QED) is 0.514. The first kappa shape index (κ1) is 12.8. The van der Waals surface area contributed by atoms with Crippen LogP contribution in [0.5, 0.6) is 0 Å². The van der Waals surface area contributed by atoms with Crippen LogP contribution in [0.3, 0.4) is 0 Å². The third-order valence-electron chi connectivity index (χ3n) is 2.00. The molecule has 0 rings (SSSR count). The Labute approximate surface area is 78.5 Å². The topological polar surface area (TPSA) is 74.6 Å². The molecule has 78 valence electrons. The van der Waals surface area contributed by atoms with Gasteiger partial charge >= 0.3 is 7.60 Å². The van der Waals surface area contributed by atoms with Gasteiger partial charge in [0, 0.05) is 6.42 Å². The van der Waals surface area contributed by atoms with Gasteiger partial charge in [-0.2, -0.15) is 0 Å². The van der Waals surface area contributed by atoms with Gasteiger partial charge in [0.15, 0.2) is 0 Å². The Morgan fingerprint density at radius 3 is 2.31 bits per heavy atom. The van der Waals surface area contributed by atoms with Crippen LogP contribution in [0, 0.1) is 0 Å². The van der Waals surface area contributed by atoms with Gasteiger partial charge in [0.2, 0.25) is 0 Å². The number of ketones is 1. The van der Waals surface area contributed by atoms with Crippen molar-refractivity contribution < 1.29 is 19.1 Å². The molecule has 13 heavy (non-hydrogen) atoms. The highest BCUT2D eigenvalue weighted by Gasteiger charge is 2.29. The van der Waals surface area contributed by atoms with E-state index in [1.54, 1.807) is 0 Å². The standard InChI is InChI=1S/C8H17O4P/c1-3-4-5-6-8(9)7(2)13(10,11)12/h7H,3-6H2,1-2H3,(H2,10,11,12)/t7-/m0/s1. The van der Waals surface area contributed by atoms with Crippen molar-refractivity contribution in [3.05, 3.63) is 0 Å². The Balaban J connectivity index is 3.91. The highest BCUT2D eigenvalue weighted by atomic mass is 31.2. The molecule has 0 heterocycles. The predicted octanol–water partition coefficient (Wildman–Crippen LogP) is 1.70. The molecule has 0 saturated heterocycles. The van der Waals surface area contributed by atoms with Crippen molar-refractivity contribution in [2.24, 2.45) is 0 Å². The fourth-order valence-corrected chi connectivity index (χ4v) is 1.45. The molecule has 0 spiro atoms. The normalized spacial score (nSPS) is 14.2. The number of unbranched alkanes of at least 4 members (excludes halogenated alkanes) is 2. The number of carbonyl (C=O) groups excluding carboxylic acids is 1. The first-order valence-electron chi connectivity index (χ1n) is 4.47. The second-order valence-corrected chi connectivity index (χ2v) is 5.14. The van der Waals surface area contributed by atoms with Crippen molar-refractivity contribution in [3.8, 4) is 0 Å². The zero-order valence-electron chi connectivity index (χ0n) is 8.06. The third kappa shape index (κ3) is 5.19. The van der Waals surface area contributed by atoms with Crippen LogP contribution >= 0.6 is 7.60 Å². The van der Waals surface area contributed by atoms with E-state index in [0.29, 0.717) is 0 Å². The minimum absolute atomic E-state index is 0.278. The first-order valence-corrected chi connectivity index (χ1v) is 6.15. The zero-order chi connectivity index (χ0) is 10.5. The van der Waals surface area contributed by atoms with Crippen molar-refractivity contribution in [2.45, 2.75) is 45.2 Å².